The van der Waals surface area contributed by atoms with Crippen LogP contribution in [0.1, 0.15) is 0 Å². The van der Waals surface area contributed by atoms with E-state index in [-0.39, 0.29) is 5.91 Å². The SMILES string of the molecule is COc1ccccc1N1CC[NH+](CC(=O)Nc2ccc(Cl)cn2)CC1. The first-order valence-corrected chi connectivity index (χ1v) is 8.66. The van der Waals surface area contributed by atoms with E-state index in [0.717, 1.165) is 37.6 Å². The molecule has 0 atom stereocenters. The lowest BCUT2D eigenvalue weighted by Gasteiger charge is -2.33. The lowest BCUT2D eigenvalue weighted by molar-refractivity contribution is -0.892. The van der Waals surface area contributed by atoms with Gasteiger partial charge in [-0.1, -0.05) is 23.7 Å². The van der Waals surface area contributed by atoms with Crippen molar-refractivity contribution in [2.45, 2.75) is 0 Å². The Hall–Kier alpha value is -2.31. The summed E-state index contributed by atoms with van der Waals surface area (Å²) in [6.07, 6.45) is 1.52. The number of pyridine rings is 1. The standard InChI is InChI=1S/C18H21ClN4O2/c1-25-16-5-3-2-4-15(16)23-10-8-22(9-11-23)13-18(24)21-17-7-6-14(19)12-20-17/h2-7,12H,8-11,13H2,1H3,(H,20,21,24)/p+1. The van der Waals surface area contributed by atoms with E-state index in [1.165, 1.54) is 11.1 Å². The van der Waals surface area contributed by atoms with Crippen molar-refractivity contribution in [3.63, 3.8) is 0 Å². The van der Waals surface area contributed by atoms with Gasteiger partial charge in [0, 0.05) is 6.20 Å². The molecule has 2 heterocycles. The van der Waals surface area contributed by atoms with E-state index in [2.05, 4.69) is 21.3 Å². The molecule has 2 aromatic rings. The highest BCUT2D eigenvalue weighted by Gasteiger charge is 2.23. The van der Waals surface area contributed by atoms with Gasteiger partial charge in [-0.25, -0.2) is 4.98 Å². The van der Waals surface area contributed by atoms with Crippen molar-refractivity contribution in [2.75, 3.05) is 50.1 Å². The molecule has 25 heavy (non-hydrogen) atoms. The quantitative estimate of drug-likeness (QED) is 0.837. The number of aromatic nitrogens is 1. The second-order valence-electron chi connectivity index (χ2n) is 6.00. The Morgan fingerprint density at radius 1 is 1.28 bits per heavy atom. The number of piperazine rings is 1. The van der Waals surface area contributed by atoms with Crippen LogP contribution in [0.25, 0.3) is 0 Å². The van der Waals surface area contributed by atoms with Crippen molar-refractivity contribution >= 4 is 29.0 Å². The fourth-order valence-corrected chi connectivity index (χ4v) is 3.11. The van der Waals surface area contributed by atoms with Crippen molar-refractivity contribution in [3.05, 3.63) is 47.6 Å². The number of anilines is 2. The number of nitrogens with zero attached hydrogens (tertiary/aromatic N) is 2. The zero-order valence-corrected chi connectivity index (χ0v) is 14.9. The third-order valence-electron chi connectivity index (χ3n) is 4.30. The third kappa shape index (κ3) is 4.61. The van der Waals surface area contributed by atoms with Gasteiger partial charge < -0.3 is 19.9 Å². The average molecular weight is 362 g/mol. The Bertz CT molecular complexity index is 715. The molecule has 0 spiro atoms. The molecule has 7 heteroatoms. The molecule has 1 amide bonds. The highest BCUT2D eigenvalue weighted by atomic mass is 35.5. The molecular formula is C18H22ClN4O2+. The molecule has 0 radical (unpaired) electrons. The van der Waals surface area contributed by atoms with Crippen LogP contribution in [-0.4, -0.2) is 50.7 Å². The van der Waals surface area contributed by atoms with Gasteiger partial charge in [-0.05, 0) is 24.3 Å². The maximum atomic E-state index is 12.2. The molecule has 0 aliphatic carbocycles. The Morgan fingerprint density at radius 2 is 2.04 bits per heavy atom. The number of amides is 1. The molecule has 1 fully saturated rings. The molecule has 2 N–H and O–H groups in total. The van der Waals surface area contributed by atoms with Crippen molar-refractivity contribution in [2.24, 2.45) is 0 Å². The van der Waals surface area contributed by atoms with Crippen molar-refractivity contribution < 1.29 is 14.4 Å². The van der Waals surface area contributed by atoms with Gasteiger partial charge in [0.25, 0.3) is 5.91 Å². The number of nitrogens with one attached hydrogen (secondary N) is 2. The van der Waals surface area contributed by atoms with Crippen molar-refractivity contribution in [1.82, 2.24) is 4.98 Å². The summed E-state index contributed by atoms with van der Waals surface area (Å²) in [5, 5.41) is 3.37. The summed E-state index contributed by atoms with van der Waals surface area (Å²) in [5.74, 6) is 1.38. The predicted octanol–water partition coefficient (Wildman–Crippen LogP) is 1.09. The number of carbonyl (C=O) groups excluding carboxylic acids is 1. The molecule has 1 aliphatic heterocycles. The Balaban J connectivity index is 1.50. The molecule has 1 aliphatic rings. The topological polar surface area (TPSA) is 58.9 Å². The summed E-state index contributed by atoms with van der Waals surface area (Å²) in [4.78, 5) is 19.8. The third-order valence-corrected chi connectivity index (χ3v) is 4.53. The fourth-order valence-electron chi connectivity index (χ4n) is 3.00. The molecule has 0 saturated carbocycles. The minimum absolute atomic E-state index is 0.0319. The van der Waals surface area contributed by atoms with Crippen LogP contribution < -0.4 is 19.9 Å². The summed E-state index contributed by atoms with van der Waals surface area (Å²) >= 11 is 5.80. The summed E-state index contributed by atoms with van der Waals surface area (Å²) in [7, 11) is 1.69. The minimum Gasteiger partial charge on any atom is -0.495 e. The number of rotatable bonds is 5. The van der Waals surface area contributed by atoms with E-state index < -0.39 is 0 Å². The van der Waals surface area contributed by atoms with E-state index in [1.54, 1.807) is 19.2 Å². The van der Waals surface area contributed by atoms with E-state index in [9.17, 15) is 4.79 Å². The predicted molar refractivity (Wildman–Crippen MR) is 98.6 cm³/mol. The van der Waals surface area contributed by atoms with Crippen molar-refractivity contribution in [3.8, 4) is 5.75 Å². The van der Waals surface area contributed by atoms with Crippen LogP contribution in [0.5, 0.6) is 5.75 Å². The van der Waals surface area contributed by atoms with Gasteiger partial charge in [0.05, 0.1) is 44.0 Å². The number of carbonyl (C=O) groups is 1. The number of methoxy groups -OCH3 is 1. The number of hydrogen-bond acceptors (Lipinski definition) is 4. The average Bonchev–Trinajstić information content (AvgIpc) is 2.64. The van der Waals surface area contributed by atoms with E-state index >= 15 is 0 Å². The van der Waals surface area contributed by atoms with E-state index in [4.69, 9.17) is 16.3 Å². The number of para-hydroxylation sites is 2. The molecule has 6 nitrogen and oxygen atoms in total. The Morgan fingerprint density at radius 3 is 2.72 bits per heavy atom. The first kappa shape index (κ1) is 17.5. The molecule has 1 aromatic heterocycles. The largest absolute Gasteiger partial charge is 0.495 e. The van der Waals surface area contributed by atoms with E-state index in [0.29, 0.717) is 17.4 Å². The molecule has 132 valence electrons. The van der Waals surface area contributed by atoms with Crippen LogP contribution in [0.15, 0.2) is 42.6 Å². The summed E-state index contributed by atoms with van der Waals surface area (Å²) in [6.45, 7) is 4.02. The number of hydrogen-bond donors (Lipinski definition) is 2. The number of halogens is 1. The highest BCUT2D eigenvalue weighted by Crippen LogP contribution is 2.27. The number of quaternary nitrogens is 1. The number of benzene rings is 1. The zero-order valence-electron chi connectivity index (χ0n) is 14.2. The maximum absolute atomic E-state index is 12.2. The molecule has 0 bridgehead atoms. The smallest absolute Gasteiger partial charge is 0.280 e. The zero-order chi connectivity index (χ0) is 17.6. The summed E-state index contributed by atoms with van der Waals surface area (Å²) in [6, 6.07) is 11.4. The highest BCUT2D eigenvalue weighted by molar-refractivity contribution is 6.30. The van der Waals surface area contributed by atoms with Gasteiger partial charge in [0.2, 0.25) is 0 Å². The lowest BCUT2D eigenvalue weighted by atomic mass is 10.2. The van der Waals surface area contributed by atoms with Gasteiger partial charge in [-0.15, -0.1) is 0 Å². The number of ether oxygens (including phenoxy) is 1. The first-order chi connectivity index (χ1) is 12.2. The summed E-state index contributed by atoms with van der Waals surface area (Å²) < 4.78 is 5.44. The van der Waals surface area contributed by atoms with Gasteiger partial charge in [-0.3, -0.25) is 4.79 Å². The van der Waals surface area contributed by atoms with Crippen LogP contribution in [0.4, 0.5) is 11.5 Å². The van der Waals surface area contributed by atoms with Crippen molar-refractivity contribution in [1.29, 1.82) is 0 Å². The maximum Gasteiger partial charge on any atom is 0.280 e. The second-order valence-corrected chi connectivity index (χ2v) is 6.43. The van der Waals surface area contributed by atoms with Gasteiger partial charge in [-0.2, -0.15) is 0 Å². The first-order valence-electron chi connectivity index (χ1n) is 8.28. The van der Waals surface area contributed by atoms with Crippen LogP contribution in [0, 0.1) is 0 Å². The molecule has 1 saturated heterocycles. The van der Waals surface area contributed by atoms with Gasteiger partial charge in [0.1, 0.15) is 11.6 Å². The molecule has 0 unspecified atom stereocenters. The molecular weight excluding hydrogens is 340 g/mol. The Labute approximate surface area is 152 Å². The fraction of sp³-hybridized carbons (Fsp3) is 0.333. The van der Waals surface area contributed by atoms with E-state index in [1.807, 2.05) is 18.2 Å². The van der Waals surface area contributed by atoms with Gasteiger partial charge >= 0.3 is 0 Å². The Kier molecular flexibility index (Phi) is 5.73. The lowest BCUT2D eigenvalue weighted by Crippen LogP contribution is -3.15. The normalized spacial score (nSPS) is 15.0. The second kappa shape index (κ2) is 8.18. The van der Waals surface area contributed by atoms with Crippen LogP contribution >= 0.6 is 11.6 Å². The molecule has 3 rings (SSSR count). The van der Waals surface area contributed by atoms with Crippen LogP contribution in [0.3, 0.4) is 0 Å². The van der Waals surface area contributed by atoms with Crippen LogP contribution in [0.2, 0.25) is 5.02 Å². The monoisotopic (exact) mass is 361 g/mol. The van der Waals surface area contributed by atoms with Gasteiger partial charge in [0.15, 0.2) is 6.54 Å². The minimum atomic E-state index is -0.0319. The molecule has 1 aromatic carbocycles. The van der Waals surface area contributed by atoms with Crippen LogP contribution in [-0.2, 0) is 4.79 Å². The summed E-state index contributed by atoms with van der Waals surface area (Å²) in [5.41, 5.74) is 1.11.